The highest BCUT2D eigenvalue weighted by molar-refractivity contribution is 7.80. The Morgan fingerprint density at radius 2 is 1.68 bits per heavy atom. The van der Waals surface area contributed by atoms with E-state index >= 15 is 0 Å². The second-order valence-electron chi connectivity index (χ2n) is 6.15. The minimum Gasteiger partial charge on any atom is -0.497 e. The van der Waals surface area contributed by atoms with E-state index in [2.05, 4.69) is 24.5 Å². The Hall–Kier alpha value is -2.21. The zero-order valence-electron chi connectivity index (χ0n) is 14.5. The second kappa shape index (κ2) is 8.76. The Bertz CT molecular complexity index is 700. The normalized spacial score (nSPS) is 11.9. The van der Waals surface area contributed by atoms with Gasteiger partial charge in [0.25, 0.3) is 0 Å². The summed E-state index contributed by atoms with van der Waals surface area (Å²) in [6.45, 7) is 4.20. The molecule has 0 spiro atoms. The molecule has 0 saturated carbocycles. The van der Waals surface area contributed by atoms with E-state index in [-0.39, 0.29) is 16.8 Å². The number of methoxy groups -OCH3 is 1. The van der Waals surface area contributed by atoms with E-state index in [9.17, 15) is 8.78 Å². The number of halogens is 2. The monoisotopic (exact) mass is 364 g/mol. The Morgan fingerprint density at radius 1 is 1.08 bits per heavy atom. The summed E-state index contributed by atoms with van der Waals surface area (Å²) >= 11 is 5.25. The van der Waals surface area contributed by atoms with Gasteiger partial charge in [0.2, 0.25) is 0 Å². The lowest BCUT2D eigenvalue weighted by molar-refractivity contribution is 0.414. The fraction of sp³-hybridized carbons (Fsp3) is 0.316. The molecule has 2 aromatic rings. The van der Waals surface area contributed by atoms with Crippen LogP contribution in [-0.2, 0) is 0 Å². The third-order valence-electron chi connectivity index (χ3n) is 3.73. The van der Waals surface area contributed by atoms with Gasteiger partial charge in [0, 0.05) is 0 Å². The molecule has 0 aliphatic heterocycles. The van der Waals surface area contributed by atoms with Crippen LogP contribution in [-0.4, -0.2) is 12.2 Å². The first kappa shape index (κ1) is 19.1. The van der Waals surface area contributed by atoms with Crippen molar-refractivity contribution in [1.82, 2.24) is 5.32 Å². The van der Waals surface area contributed by atoms with Gasteiger partial charge in [-0.05, 0) is 54.4 Å². The SMILES string of the molecule is COc1ccc([C@@H](CC(C)C)NC(=S)Nc2c(F)cccc2F)cc1. The minimum absolute atomic E-state index is 0.0826. The standard InChI is InChI=1S/C19H22F2N2OS/c1-12(2)11-17(13-7-9-14(24-3)10-8-13)22-19(25)23-18-15(20)5-4-6-16(18)21/h4-10,12,17H,11H2,1-3H3,(H2,22,23,25)/t17-/m1/s1. The molecule has 0 unspecified atom stereocenters. The Labute approximate surface area is 152 Å². The van der Waals surface area contributed by atoms with Crippen LogP contribution in [0, 0.1) is 17.6 Å². The van der Waals surface area contributed by atoms with Gasteiger partial charge in [-0.2, -0.15) is 0 Å². The number of rotatable bonds is 6. The molecular formula is C19H22F2N2OS. The van der Waals surface area contributed by atoms with E-state index in [0.717, 1.165) is 17.7 Å². The maximum Gasteiger partial charge on any atom is 0.171 e. The largest absolute Gasteiger partial charge is 0.497 e. The zero-order valence-corrected chi connectivity index (χ0v) is 15.3. The molecule has 134 valence electrons. The van der Waals surface area contributed by atoms with Gasteiger partial charge in [0.15, 0.2) is 5.11 Å². The lowest BCUT2D eigenvalue weighted by atomic mass is 9.97. The topological polar surface area (TPSA) is 33.3 Å². The first-order valence-corrected chi connectivity index (χ1v) is 8.47. The predicted octanol–water partition coefficient (Wildman–Crippen LogP) is 5.05. The number of anilines is 1. The third kappa shape index (κ3) is 5.39. The van der Waals surface area contributed by atoms with E-state index in [4.69, 9.17) is 17.0 Å². The second-order valence-corrected chi connectivity index (χ2v) is 6.56. The molecule has 0 aliphatic carbocycles. The Kier molecular flexibility index (Phi) is 6.70. The number of hydrogen-bond donors (Lipinski definition) is 2. The van der Waals surface area contributed by atoms with Gasteiger partial charge in [-0.3, -0.25) is 0 Å². The van der Waals surface area contributed by atoms with E-state index in [1.807, 2.05) is 24.3 Å². The van der Waals surface area contributed by atoms with Crippen LogP contribution < -0.4 is 15.4 Å². The molecule has 0 amide bonds. The molecule has 0 aromatic heterocycles. The zero-order chi connectivity index (χ0) is 18.4. The van der Waals surface area contributed by atoms with Gasteiger partial charge in [-0.1, -0.05) is 32.0 Å². The molecule has 0 bridgehead atoms. The summed E-state index contributed by atoms with van der Waals surface area (Å²) < 4.78 is 32.7. The number of para-hydroxylation sites is 1. The van der Waals surface area contributed by atoms with Gasteiger partial charge in [0.1, 0.15) is 23.1 Å². The quantitative estimate of drug-likeness (QED) is 0.703. The fourth-order valence-corrected chi connectivity index (χ4v) is 2.76. The molecule has 6 heteroatoms. The van der Waals surface area contributed by atoms with E-state index in [1.54, 1.807) is 7.11 Å². The summed E-state index contributed by atoms with van der Waals surface area (Å²) in [6.07, 6.45) is 0.813. The van der Waals surface area contributed by atoms with Crippen LogP contribution >= 0.6 is 12.2 Å². The summed E-state index contributed by atoms with van der Waals surface area (Å²) in [5.74, 6) is -0.197. The van der Waals surface area contributed by atoms with Gasteiger partial charge < -0.3 is 15.4 Å². The van der Waals surface area contributed by atoms with Gasteiger partial charge in [0.05, 0.1) is 13.2 Å². The summed E-state index contributed by atoms with van der Waals surface area (Å²) in [6, 6.07) is 11.2. The summed E-state index contributed by atoms with van der Waals surface area (Å²) in [7, 11) is 1.61. The van der Waals surface area contributed by atoms with Crippen molar-refractivity contribution < 1.29 is 13.5 Å². The summed E-state index contributed by atoms with van der Waals surface area (Å²) in [5, 5.41) is 5.94. The number of nitrogens with one attached hydrogen (secondary N) is 2. The molecule has 1 atom stereocenters. The highest BCUT2D eigenvalue weighted by atomic mass is 32.1. The molecule has 0 saturated heterocycles. The molecule has 2 N–H and O–H groups in total. The fourth-order valence-electron chi connectivity index (χ4n) is 2.51. The lowest BCUT2D eigenvalue weighted by Crippen LogP contribution is -2.33. The van der Waals surface area contributed by atoms with Crippen LogP contribution in [0.1, 0.15) is 31.9 Å². The smallest absolute Gasteiger partial charge is 0.171 e. The van der Waals surface area contributed by atoms with E-state index in [0.29, 0.717) is 5.92 Å². The maximum atomic E-state index is 13.8. The van der Waals surface area contributed by atoms with Crippen molar-refractivity contribution in [1.29, 1.82) is 0 Å². The van der Waals surface area contributed by atoms with Crippen molar-refractivity contribution in [3.05, 3.63) is 59.7 Å². The molecule has 0 heterocycles. The van der Waals surface area contributed by atoms with Crippen LogP contribution in [0.15, 0.2) is 42.5 Å². The molecule has 0 aliphatic rings. The van der Waals surface area contributed by atoms with Crippen LogP contribution in [0.3, 0.4) is 0 Å². The van der Waals surface area contributed by atoms with Crippen molar-refractivity contribution in [3.63, 3.8) is 0 Å². The molecule has 0 radical (unpaired) electrons. The first-order chi connectivity index (χ1) is 11.9. The predicted molar refractivity (Wildman–Crippen MR) is 101 cm³/mol. The third-order valence-corrected chi connectivity index (χ3v) is 3.95. The minimum atomic E-state index is -0.686. The van der Waals surface area contributed by atoms with Gasteiger partial charge in [-0.25, -0.2) is 8.78 Å². The van der Waals surface area contributed by atoms with Crippen molar-refractivity contribution in [2.75, 3.05) is 12.4 Å². The van der Waals surface area contributed by atoms with Crippen molar-refractivity contribution in [2.45, 2.75) is 26.3 Å². The lowest BCUT2D eigenvalue weighted by Gasteiger charge is -2.23. The Morgan fingerprint density at radius 3 is 2.20 bits per heavy atom. The van der Waals surface area contributed by atoms with Crippen LogP contribution in [0.25, 0.3) is 0 Å². The number of thiocarbonyl (C=S) groups is 1. The number of benzene rings is 2. The molecular weight excluding hydrogens is 342 g/mol. The molecule has 2 rings (SSSR count). The van der Waals surface area contributed by atoms with Crippen molar-refractivity contribution in [3.8, 4) is 5.75 Å². The van der Waals surface area contributed by atoms with Gasteiger partial charge in [-0.15, -0.1) is 0 Å². The molecule has 3 nitrogen and oxygen atoms in total. The number of ether oxygens (including phenoxy) is 1. The highest BCUT2D eigenvalue weighted by Crippen LogP contribution is 2.24. The summed E-state index contributed by atoms with van der Waals surface area (Å²) in [4.78, 5) is 0. The summed E-state index contributed by atoms with van der Waals surface area (Å²) in [5.41, 5.74) is 0.769. The van der Waals surface area contributed by atoms with Crippen LogP contribution in [0.5, 0.6) is 5.75 Å². The van der Waals surface area contributed by atoms with Crippen LogP contribution in [0.4, 0.5) is 14.5 Å². The molecule has 0 fully saturated rings. The van der Waals surface area contributed by atoms with E-state index in [1.165, 1.54) is 18.2 Å². The van der Waals surface area contributed by atoms with Crippen LogP contribution in [0.2, 0.25) is 0 Å². The Balaban J connectivity index is 2.14. The van der Waals surface area contributed by atoms with Crippen molar-refractivity contribution in [2.24, 2.45) is 5.92 Å². The van der Waals surface area contributed by atoms with Crippen molar-refractivity contribution >= 4 is 23.0 Å². The highest BCUT2D eigenvalue weighted by Gasteiger charge is 2.16. The average molecular weight is 364 g/mol. The number of hydrogen-bond acceptors (Lipinski definition) is 2. The maximum absolute atomic E-state index is 13.8. The van der Waals surface area contributed by atoms with Gasteiger partial charge >= 0.3 is 0 Å². The van der Waals surface area contributed by atoms with E-state index < -0.39 is 11.6 Å². The molecule has 2 aromatic carbocycles. The average Bonchev–Trinajstić information content (AvgIpc) is 2.57. The first-order valence-electron chi connectivity index (χ1n) is 8.06. The molecule has 25 heavy (non-hydrogen) atoms.